The molecule has 0 saturated heterocycles. The summed E-state index contributed by atoms with van der Waals surface area (Å²) < 4.78 is 6.75. The van der Waals surface area contributed by atoms with Gasteiger partial charge in [-0.15, -0.1) is 11.3 Å². The van der Waals surface area contributed by atoms with Crippen LogP contribution in [0, 0.1) is 6.92 Å². The zero-order chi connectivity index (χ0) is 19.0. The maximum atomic E-state index is 12.9. The number of carbonyl (C=O) groups is 1. The highest BCUT2D eigenvalue weighted by molar-refractivity contribution is 7.20. The molecule has 0 spiro atoms. The molecule has 26 heavy (non-hydrogen) atoms. The van der Waals surface area contributed by atoms with Gasteiger partial charge in [-0.25, -0.2) is 4.98 Å². The standard InChI is InChI=1S/C18H18ClN3O3S/c1-10-14-16(20-9-22(3)17(14)23)26-15(10)18(24)21(2)8-11-7-12(19)5-6-13(11)25-4/h5-7,9H,8H2,1-4H3. The number of hydrogen-bond acceptors (Lipinski definition) is 5. The number of amides is 1. The maximum Gasteiger partial charge on any atom is 0.264 e. The number of hydrogen-bond donors (Lipinski definition) is 0. The number of ether oxygens (including phenoxy) is 1. The van der Waals surface area contributed by atoms with Crippen molar-refractivity contribution in [1.29, 1.82) is 0 Å². The molecule has 0 atom stereocenters. The van der Waals surface area contributed by atoms with Crippen LogP contribution in [-0.2, 0) is 13.6 Å². The van der Waals surface area contributed by atoms with Gasteiger partial charge < -0.3 is 14.2 Å². The van der Waals surface area contributed by atoms with Gasteiger partial charge in [-0.1, -0.05) is 11.6 Å². The number of thiophene rings is 1. The Morgan fingerprint density at radius 2 is 2.15 bits per heavy atom. The fourth-order valence-electron chi connectivity index (χ4n) is 2.78. The quantitative estimate of drug-likeness (QED) is 0.684. The largest absolute Gasteiger partial charge is 0.496 e. The molecule has 0 aliphatic rings. The number of rotatable bonds is 4. The molecular formula is C18H18ClN3O3S. The third-order valence-electron chi connectivity index (χ3n) is 4.20. The highest BCUT2D eigenvalue weighted by Crippen LogP contribution is 2.29. The molecule has 136 valence electrons. The lowest BCUT2D eigenvalue weighted by Gasteiger charge is -2.18. The first kappa shape index (κ1) is 18.4. The highest BCUT2D eigenvalue weighted by atomic mass is 35.5. The second-order valence-electron chi connectivity index (χ2n) is 6.01. The van der Waals surface area contributed by atoms with Gasteiger partial charge in [0.2, 0.25) is 0 Å². The Labute approximate surface area is 159 Å². The summed E-state index contributed by atoms with van der Waals surface area (Å²) in [4.78, 5) is 32.2. The number of benzene rings is 1. The zero-order valence-electron chi connectivity index (χ0n) is 14.9. The van der Waals surface area contributed by atoms with E-state index in [2.05, 4.69) is 4.98 Å². The fraction of sp³-hybridized carbons (Fsp3) is 0.278. The molecule has 2 aromatic heterocycles. The number of fused-ring (bicyclic) bond motifs is 1. The summed E-state index contributed by atoms with van der Waals surface area (Å²) >= 11 is 7.30. The number of aryl methyl sites for hydroxylation is 2. The van der Waals surface area contributed by atoms with Gasteiger partial charge in [-0.05, 0) is 30.7 Å². The molecule has 3 rings (SSSR count). The number of halogens is 1. The average molecular weight is 392 g/mol. The molecule has 8 heteroatoms. The van der Waals surface area contributed by atoms with Crippen molar-refractivity contribution >= 4 is 39.1 Å². The van der Waals surface area contributed by atoms with Gasteiger partial charge in [0.1, 0.15) is 10.6 Å². The first-order valence-electron chi connectivity index (χ1n) is 7.86. The van der Waals surface area contributed by atoms with E-state index in [4.69, 9.17) is 16.3 Å². The Hall–Kier alpha value is -2.38. The lowest BCUT2D eigenvalue weighted by molar-refractivity contribution is 0.0788. The van der Waals surface area contributed by atoms with Crippen LogP contribution in [0.1, 0.15) is 20.8 Å². The van der Waals surface area contributed by atoms with Crippen LogP contribution in [-0.4, -0.2) is 34.5 Å². The Bertz CT molecular complexity index is 1060. The Morgan fingerprint density at radius 1 is 1.42 bits per heavy atom. The van der Waals surface area contributed by atoms with Crippen molar-refractivity contribution in [2.75, 3.05) is 14.2 Å². The molecule has 0 unspecified atom stereocenters. The van der Waals surface area contributed by atoms with Gasteiger partial charge in [-0.3, -0.25) is 9.59 Å². The average Bonchev–Trinajstić information content (AvgIpc) is 2.95. The minimum Gasteiger partial charge on any atom is -0.496 e. The molecule has 0 saturated carbocycles. The van der Waals surface area contributed by atoms with E-state index in [0.29, 0.717) is 38.0 Å². The first-order valence-corrected chi connectivity index (χ1v) is 9.05. The molecule has 0 aliphatic heterocycles. The topological polar surface area (TPSA) is 64.4 Å². The number of aromatic nitrogens is 2. The van der Waals surface area contributed by atoms with Crippen LogP contribution in [0.25, 0.3) is 10.2 Å². The van der Waals surface area contributed by atoms with Crippen molar-refractivity contribution < 1.29 is 9.53 Å². The van der Waals surface area contributed by atoms with Gasteiger partial charge in [0, 0.05) is 31.2 Å². The molecule has 0 radical (unpaired) electrons. The second-order valence-corrected chi connectivity index (χ2v) is 7.45. The van der Waals surface area contributed by atoms with Crippen LogP contribution in [0.3, 0.4) is 0 Å². The minimum atomic E-state index is -0.172. The lowest BCUT2D eigenvalue weighted by Crippen LogP contribution is -2.26. The summed E-state index contributed by atoms with van der Waals surface area (Å²) in [5.74, 6) is 0.493. The van der Waals surface area contributed by atoms with Crippen LogP contribution in [0.15, 0.2) is 29.3 Å². The Kier molecular flexibility index (Phi) is 5.02. The predicted molar refractivity (Wildman–Crippen MR) is 103 cm³/mol. The second kappa shape index (κ2) is 7.09. The maximum absolute atomic E-state index is 12.9. The van der Waals surface area contributed by atoms with Crippen LogP contribution in [0.5, 0.6) is 5.75 Å². The van der Waals surface area contributed by atoms with E-state index < -0.39 is 0 Å². The normalized spacial score (nSPS) is 11.0. The van der Waals surface area contributed by atoms with Crippen molar-refractivity contribution in [3.63, 3.8) is 0 Å². The molecule has 1 aromatic carbocycles. The predicted octanol–water partition coefficient (Wildman–Crippen LogP) is 3.24. The summed E-state index contributed by atoms with van der Waals surface area (Å²) in [6.45, 7) is 2.12. The van der Waals surface area contributed by atoms with Crippen LogP contribution < -0.4 is 10.3 Å². The third-order valence-corrected chi connectivity index (χ3v) is 5.62. The monoisotopic (exact) mass is 391 g/mol. The fourth-order valence-corrected chi connectivity index (χ4v) is 4.11. The van der Waals surface area contributed by atoms with Crippen molar-refractivity contribution in [2.24, 2.45) is 7.05 Å². The molecule has 0 aliphatic carbocycles. The number of carbonyl (C=O) groups excluding carboxylic acids is 1. The van der Waals surface area contributed by atoms with Crippen molar-refractivity contribution in [2.45, 2.75) is 13.5 Å². The third kappa shape index (κ3) is 3.20. The minimum absolute atomic E-state index is 0.151. The van der Waals surface area contributed by atoms with Crippen molar-refractivity contribution in [3.8, 4) is 5.75 Å². The van der Waals surface area contributed by atoms with Crippen LogP contribution in [0.2, 0.25) is 5.02 Å². The van der Waals surface area contributed by atoms with E-state index in [1.54, 1.807) is 51.2 Å². The lowest BCUT2D eigenvalue weighted by atomic mass is 10.1. The van der Waals surface area contributed by atoms with E-state index in [1.165, 1.54) is 22.2 Å². The summed E-state index contributed by atoms with van der Waals surface area (Å²) in [5.41, 5.74) is 1.32. The van der Waals surface area contributed by atoms with E-state index in [-0.39, 0.29) is 11.5 Å². The van der Waals surface area contributed by atoms with Gasteiger partial charge in [0.15, 0.2) is 0 Å². The van der Waals surface area contributed by atoms with E-state index in [9.17, 15) is 9.59 Å². The van der Waals surface area contributed by atoms with Gasteiger partial charge >= 0.3 is 0 Å². The van der Waals surface area contributed by atoms with Crippen molar-refractivity contribution in [1.82, 2.24) is 14.5 Å². The molecule has 1 amide bonds. The molecular weight excluding hydrogens is 374 g/mol. The molecule has 2 heterocycles. The van der Waals surface area contributed by atoms with Crippen molar-refractivity contribution in [3.05, 3.63) is 55.9 Å². The van der Waals surface area contributed by atoms with E-state index in [1.807, 2.05) is 0 Å². The molecule has 0 fully saturated rings. The number of methoxy groups -OCH3 is 1. The summed E-state index contributed by atoms with van der Waals surface area (Å²) in [6, 6.07) is 5.29. The van der Waals surface area contributed by atoms with E-state index >= 15 is 0 Å². The summed E-state index contributed by atoms with van der Waals surface area (Å²) in [5, 5.41) is 1.07. The summed E-state index contributed by atoms with van der Waals surface area (Å²) in [7, 11) is 4.93. The van der Waals surface area contributed by atoms with Gasteiger partial charge in [0.05, 0.1) is 23.7 Å². The van der Waals surface area contributed by atoms with Gasteiger partial charge in [-0.2, -0.15) is 0 Å². The highest BCUT2D eigenvalue weighted by Gasteiger charge is 2.22. The molecule has 0 N–H and O–H groups in total. The van der Waals surface area contributed by atoms with Crippen LogP contribution >= 0.6 is 22.9 Å². The SMILES string of the molecule is COc1ccc(Cl)cc1CN(C)C(=O)c1sc2ncn(C)c(=O)c2c1C. The van der Waals surface area contributed by atoms with E-state index in [0.717, 1.165) is 5.56 Å². The number of nitrogens with zero attached hydrogens (tertiary/aromatic N) is 3. The molecule has 3 aromatic rings. The molecule has 0 bridgehead atoms. The Morgan fingerprint density at radius 3 is 2.85 bits per heavy atom. The smallest absolute Gasteiger partial charge is 0.264 e. The molecule has 6 nitrogen and oxygen atoms in total. The summed E-state index contributed by atoms with van der Waals surface area (Å²) in [6.07, 6.45) is 1.47. The Balaban J connectivity index is 1.96. The zero-order valence-corrected chi connectivity index (χ0v) is 16.4. The van der Waals surface area contributed by atoms with Crippen LogP contribution in [0.4, 0.5) is 0 Å². The first-order chi connectivity index (χ1) is 12.3. The van der Waals surface area contributed by atoms with Gasteiger partial charge in [0.25, 0.3) is 11.5 Å².